The Morgan fingerprint density at radius 2 is 1.72 bits per heavy atom. The molecule has 0 bridgehead atoms. The molecule has 0 unspecified atom stereocenters. The largest absolute Gasteiger partial charge is 0.497 e. The molecule has 0 atom stereocenters. The Kier molecular flexibility index (Phi) is 10.4. The smallest absolute Gasteiger partial charge is 0.262 e. The molecule has 2 aromatic rings. The maximum atomic E-state index is 12.2. The highest BCUT2D eigenvalue weighted by atomic mass is 16.5. The first kappa shape index (κ1) is 23.5. The van der Waals surface area contributed by atoms with E-state index in [4.69, 9.17) is 4.74 Å². The summed E-state index contributed by atoms with van der Waals surface area (Å²) in [6.07, 6.45) is 5.08. The Morgan fingerprint density at radius 3 is 2.24 bits per heavy atom. The first-order chi connectivity index (χ1) is 14.0. The minimum Gasteiger partial charge on any atom is -0.497 e. The number of carbonyl (C=O) groups excluding carboxylic acids is 1. The van der Waals surface area contributed by atoms with Gasteiger partial charge in [-0.2, -0.15) is 5.26 Å². The second kappa shape index (κ2) is 12.8. The zero-order valence-corrected chi connectivity index (χ0v) is 17.8. The van der Waals surface area contributed by atoms with Gasteiger partial charge < -0.3 is 15.0 Å². The van der Waals surface area contributed by atoms with Crippen LogP contribution < -0.4 is 15.0 Å². The van der Waals surface area contributed by atoms with Gasteiger partial charge in [0.25, 0.3) is 5.91 Å². The van der Waals surface area contributed by atoms with Crippen LogP contribution in [0.4, 0.5) is 5.69 Å². The first-order valence-corrected chi connectivity index (χ1v) is 9.50. The number of benzene rings is 2. The molecule has 0 aromatic heterocycles. The fourth-order valence-electron chi connectivity index (χ4n) is 2.32. The lowest BCUT2D eigenvalue weighted by Crippen LogP contribution is -2.23. The molecule has 2 rings (SSSR count). The molecule has 0 fully saturated rings. The summed E-state index contributed by atoms with van der Waals surface area (Å²) in [5.74, 6) is 0.354. The van der Waals surface area contributed by atoms with Crippen LogP contribution >= 0.6 is 0 Å². The average molecular weight is 392 g/mol. The van der Waals surface area contributed by atoms with Gasteiger partial charge in [0.1, 0.15) is 17.4 Å². The van der Waals surface area contributed by atoms with Crippen molar-refractivity contribution in [3.05, 3.63) is 77.4 Å². The molecule has 0 saturated heterocycles. The molecular weight excluding hydrogens is 362 g/mol. The Hall–Kier alpha value is -3.52. The fraction of sp³-hybridized carbons (Fsp3) is 0.250. The summed E-state index contributed by atoms with van der Waals surface area (Å²) < 4.78 is 5.10. The van der Waals surface area contributed by atoms with E-state index in [0.717, 1.165) is 22.6 Å². The lowest BCUT2D eigenvalue weighted by Gasteiger charge is -2.11. The molecular formula is C24H29N3O2. The van der Waals surface area contributed by atoms with Crippen LogP contribution in [-0.2, 0) is 11.3 Å². The summed E-state index contributed by atoms with van der Waals surface area (Å²) >= 11 is 0. The topological polar surface area (TPSA) is 65.4 Å². The Labute approximate surface area is 173 Å². The highest BCUT2D eigenvalue weighted by Gasteiger charge is 2.07. The zero-order chi connectivity index (χ0) is 21.6. The highest BCUT2D eigenvalue weighted by molar-refractivity contribution is 5.97. The van der Waals surface area contributed by atoms with E-state index >= 15 is 0 Å². The summed E-state index contributed by atoms with van der Waals surface area (Å²) in [4.78, 5) is 14.2. The number of amides is 1. The predicted molar refractivity (Wildman–Crippen MR) is 120 cm³/mol. The molecule has 152 valence electrons. The van der Waals surface area contributed by atoms with E-state index in [-0.39, 0.29) is 5.57 Å². The third kappa shape index (κ3) is 7.94. The van der Waals surface area contributed by atoms with Crippen molar-refractivity contribution in [2.24, 2.45) is 0 Å². The van der Waals surface area contributed by atoms with E-state index in [1.165, 1.54) is 6.08 Å². The molecule has 29 heavy (non-hydrogen) atoms. The van der Waals surface area contributed by atoms with Gasteiger partial charge in [0.05, 0.1) is 7.11 Å². The molecule has 1 amide bonds. The minimum atomic E-state index is -0.402. The molecule has 0 aliphatic heterocycles. The van der Waals surface area contributed by atoms with E-state index in [0.29, 0.717) is 6.54 Å². The molecule has 0 aliphatic carbocycles. The van der Waals surface area contributed by atoms with Crippen LogP contribution in [0.25, 0.3) is 6.08 Å². The van der Waals surface area contributed by atoms with E-state index < -0.39 is 5.91 Å². The van der Waals surface area contributed by atoms with Crippen LogP contribution in [0.1, 0.15) is 25.0 Å². The van der Waals surface area contributed by atoms with Gasteiger partial charge in [0.2, 0.25) is 0 Å². The van der Waals surface area contributed by atoms with E-state index in [1.807, 2.05) is 93.5 Å². The zero-order valence-electron chi connectivity index (χ0n) is 17.8. The minimum absolute atomic E-state index is 0.0599. The standard InChI is InChI=1S/C22H23N3O2.C2H6/c1-25(2)20-11-7-17(8-12-20)5-4-6-19(15-23)22(26)24-16-18-9-13-21(27-3)14-10-18;1-2/h4-14H,16H2,1-3H3,(H,24,26);1-2H3/b5-4+,19-6+;. The number of anilines is 1. The lowest BCUT2D eigenvalue weighted by atomic mass is 10.1. The number of allylic oxidation sites excluding steroid dienone is 2. The van der Waals surface area contributed by atoms with Gasteiger partial charge in [-0.15, -0.1) is 0 Å². The van der Waals surface area contributed by atoms with Crippen LogP contribution in [0.3, 0.4) is 0 Å². The molecule has 5 nitrogen and oxygen atoms in total. The van der Waals surface area contributed by atoms with Crippen LogP contribution in [0.5, 0.6) is 5.75 Å². The number of methoxy groups -OCH3 is 1. The van der Waals surface area contributed by atoms with Crippen molar-refractivity contribution in [2.75, 3.05) is 26.1 Å². The van der Waals surface area contributed by atoms with Crippen LogP contribution in [-0.4, -0.2) is 27.1 Å². The number of hydrogen-bond acceptors (Lipinski definition) is 4. The second-order valence-electron chi connectivity index (χ2n) is 6.07. The molecule has 0 heterocycles. The average Bonchev–Trinajstić information content (AvgIpc) is 2.77. The van der Waals surface area contributed by atoms with Gasteiger partial charge in [-0.1, -0.05) is 50.3 Å². The molecule has 5 heteroatoms. The van der Waals surface area contributed by atoms with Crippen molar-refractivity contribution < 1.29 is 9.53 Å². The van der Waals surface area contributed by atoms with Gasteiger partial charge in [-0.3, -0.25) is 4.79 Å². The van der Waals surface area contributed by atoms with Crippen molar-refractivity contribution in [2.45, 2.75) is 20.4 Å². The SMILES string of the molecule is CC.COc1ccc(CNC(=O)/C(C#N)=C/C=C/c2ccc(N(C)C)cc2)cc1. The molecule has 0 saturated carbocycles. The second-order valence-corrected chi connectivity index (χ2v) is 6.07. The van der Waals surface area contributed by atoms with E-state index in [1.54, 1.807) is 13.2 Å². The van der Waals surface area contributed by atoms with Crippen molar-refractivity contribution in [3.8, 4) is 11.8 Å². The normalized spacial score (nSPS) is 10.6. The van der Waals surface area contributed by atoms with Crippen molar-refractivity contribution in [1.82, 2.24) is 5.32 Å². The predicted octanol–water partition coefficient (Wildman–Crippen LogP) is 4.57. The van der Waals surface area contributed by atoms with Crippen molar-refractivity contribution in [3.63, 3.8) is 0 Å². The monoisotopic (exact) mass is 391 g/mol. The number of ether oxygens (including phenoxy) is 1. The lowest BCUT2D eigenvalue weighted by molar-refractivity contribution is -0.117. The maximum absolute atomic E-state index is 12.2. The number of nitrogens with zero attached hydrogens (tertiary/aromatic N) is 2. The molecule has 0 aliphatic rings. The summed E-state index contributed by atoms with van der Waals surface area (Å²) in [5, 5.41) is 12.0. The Morgan fingerprint density at radius 1 is 1.10 bits per heavy atom. The first-order valence-electron chi connectivity index (χ1n) is 9.50. The summed E-state index contributed by atoms with van der Waals surface area (Å²) in [5.41, 5.74) is 3.09. The van der Waals surface area contributed by atoms with E-state index in [9.17, 15) is 10.1 Å². The van der Waals surface area contributed by atoms with Gasteiger partial charge in [-0.25, -0.2) is 0 Å². The third-order valence-corrected chi connectivity index (χ3v) is 3.94. The number of nitrogens with one attached hydrogen (secondary N) is 1. The summed E-state index contributed by atoms with van der Waals surface area (Å²) in [7, 11) is 5.57. The van der Waals surface area contributed by atoms with Crippen LogP contribution in [0.2, 0.25) is 0 Å². The van der Waals surface area contributed by atoms with Gasteiger partial charge in [-0.05, 0) is 41.5 Å². The van der Waals surface area contributed by atoms with Crippen molar-refractivity contribution >= 4 is 17.7 Å². The third-order valence-electron chi connectivity index (χ3n) is 3.94. The molecule has 2 aromatic carbocycles. The van der Waals surface area contributed by atoms with Crippen LogP contribution in [0.15, 0.2) is 66.3 Å². The van der Waals surface area contributed by atoms with Crippen molar-refractivity contribution in [1.29, 1.82) is 5.26 Å². The molecule has 0 radical (unpaired) electrons. The number of hydrogen-bond donors (Lipinski definition) is 1. The maximum Gasteiger partial charge on any atom is 0.262 e. The fourth-order valence-corrected chi connectivity index (χ4v) is 2.32. The summed E-state index contributed by atoms with van der Waals surface area (Å²) in [6, 6.07) is 17.3. The molecule has 1 N–H and O–H groups in total. The van der Waals surface area contributed by atoms with Crippen LogP contribution in [0, 0.1) is 11.3 Å². The summed E-state index contributed by atoms with van der Waals surface area (Å²) in [6.45, 7) is 4.34. The number of nitriles is 1. The van der Waals surface area contributed by atoms with E-state index in [2.05, 4.69) is 5.32 Å². The highest BCUT2D eigenvalue weighted by Crippen LogP contribution is 2.13. The number of rotatable bonds is 7. The van der Waals surface area contributed by atoms with Gasteiger partial charge >= 0.3 is 0 Å². The van der Waals surface area contributed by atoms with Gasteiger partial charge in [0, 0.05) is 26.3 Å². The Balaban J connectivity index is 0.00000204. The Bertz CT molecular complexity index is 858. The quantitative estimate of drug-likeness (QED) is 0.427. The number of carbonyl (C=O) groups is 1. The molecule has 0 spiro atoms. The van der Waals surface area contributed by atoms with Gasteiger partial charge in [0.15, 0.2) is 0 Å².